The molecule has 1 saturated heterocycles. The highest BCUT2D eigenvalue weighted by Crippen LogP contribution is 2.68. The minimum absolute atomic E-state index is 0.0544. The molecule has 7 rings (SSSR count). The molecular weight excluding hydrogens is 584 g/mol. The molecule has 0 unspecified atom stereocenters. The van der Waals surface area contributed by atoms with Crippen molar-refractivity contribution in [3.63, 3.8) is 0 Å². The van der Waals surface area contributed by atoms with Crippen molar-refractivity contribution in [1.29, 1.82) is 0 Å². The number of allylic oxidation sites excluding steroid dienone is 5. The zero-order chi connectivity index (χ0) is 33.6. The van der Waals surface area contributed by atoms with Crippen LogP contribution in [-0.4, -0.2) is 50.2 Å². The molecule has 2 N–H and O–H groups in total. The second kappa shape index (κ2) is 10.6. The topological polar surface area (TPSA) is 119 Å². The summed E-state index contributed by atoms with van der Waals surface area (Å²) in [6.45, 7) is 15.4. The maximum absolute atomic E-state index is 14.7. The van der Waals surface area contributed by atoms with Gasteiger partial charge in [-0.3, -0.25) is 9.59 Å². The van der Waals surface area contributed by atoms with Crippen molar-refractivity contribution < 1.29 is 38.8 Å². The minimum atomic E-state index is -1.63. The van der Waals surface area contributed by atoms with E-state index in [4.69, 9.17) is 14.2 Å². The number of hydrogen-bond donors (Lipinski definition) is 2. The number of aromatic hydroxyl groups is 1. The number of Topliss-reactive ketones (excluding diaryl/α,β-unsaturated/α-hetero) is 2. The highest BCUT2D eigenvalue weighted by Gasteiger charge is 2.81. The predicted octanol–water partition coefficient (Wildman–Crippen LogP) is 7.24. The molecule has 1 aromatic rings. The molecule has 2 fully saturated rings. The molecule has 3 heterocycles. The molecule has 5 atom stereocenters. The quantitative estimate of drug-likeness (QED) is 0.228. The number of carboxylic acid groups (broad SMARTS) is 1. The average molecular weight is 629 g/mol. The summed E-state index contributed by atoms with van der Waals surface area (Å²) in [5.41, 5.74) is -0.952. The summed E-state index contributed by atoms with van der Waals surface area (Å²) < 4.78 is 20.6. The smallest absolute Gasteiger partial charge is 0.330 e. The van der Waals surface area contributed by atoms with Crippen molar-refractivity contribution in [2.24, 2.45) is 11.8 Å². The number of phenols is 1. The van der Waals surface area contributed by atoms with Crippen LogP contribution in [0.4, 0.5) is 0 Å². The molecule has 1 aromatic carbocycles. The number of ether oxygens (including phenoxy) is 3. The Bertz CT molecular complexity index is 1730. The van der Waals surface area contributed by atoms with E-state index in [9.17, 15) is 24.6 Å². The number of rotatable bonds is 8. The van der Waals surface area contributed by atoms with Crippen LogP contribution in [0.3, 0.4) is 0 Å². The van der Waals surface area contributed by atoms with E-state index in [-0.39, 0.29) is 40.8 Å². The number of carboxylic acids is 1. The van der Waals surface area contributed by atoms with Gasteiger partial charge in [0.15, 0.2) is 22.8 Å². The molecule has 8 nitrogen and oxygen atoms in total. The van der Waals surface area contributed by atoms with E-state index in [2.05, 4.69) is 19.9 Å². The second-order valence-corrected chi connectivity index (χ2v) is 14.8. The second-order valence-electron chi connectivity index (χ2n) is 14.8. The monoisotopic (exact) mass is 628 g/mol. The van der Waals surface area contributed by atoms with E-state index in [1.807, 2.05) is 52.8 Å². The highest BCUT2D eigenvalue weighted by molar-refractivity contribution is 6.19. The Balaban J connectivity index is 1.59. The zero-order valence-corrected chi connectivity index (χ0v) is 28.0. The van der Waals surface area contributed by atoms with Gasteiger partial charge in [0.2, 0.25) is 0 Å². The zero-order valence-electron chi connectivity index (χ0n) is 28.0. The Hall–Kier alpha value is -3.91. The fourth-order valence-corrected chi connectivity index (χ4v) is 8.17. The lowest BCUT2D eigenvalue weighted by Gasteiger charge is -2.56. The third kappa shape index (κ3) is 4.47. The van der Waals surface area contributed by atoms with Crippen LogP contribution in [0, 0.1) is 11.8 Å². The lowest BCUT2D eigenvalue weighted by atomic mass is 9.51. The Morgan fingerprint density at radius 3 is 2.35 bits per heavy atom. The van der Waals surface area contributed by atoms with E-state index >= 15 is 0 Å². The maximum Gasteiger partial charge on any atom is 0.330 e. The van der Waals surface area contributed by atoms with Crippen LogP contribution >= 0.6 is 0 Å². The molecule has 8 heteroatoms. The molecule has 3 aliphatic carbocycles. The van der Waals surface area contributed by atoms with Gasteiger partial charge < -0.3 is 24.4 Å². The van der Waals surface area contributed by atoms with E-state index < -0.39 is 40.1 Å². The highest BCUT2D eigenvalue weighted by atomic mass is 16.6. The number of hydrogen-bond acceptors (Lipinski definition) is 7. The first-order chi connectivity index (χ1) is 21.5. The summed E-state index contributed by atoms with van der Waals surface area (Å²) in [6.07, 6.45) is 13.4. The van der Waals surface area contributed by atoms with Crippen LogP contribution < -0.4 is 9.47 Å². The van der Waals surface area contributed by atoms with Crippen LogP contribution in [0.1, 0.15) is 103 Å². The predicted molar refractivity (Wildman–Crippen MR) is 174 cm³/mol. The first-order valence-corrected chi connectivity index (χ1v) is 16.2. The molecule has 0 amide bonds. The van der Waals surface area contributed by atoms with Gasteiger partial charge in [0.1, 0.15) is 28.4 Å². The Morgan fingerprint density at radius 1 is 1.00 bits per heavy atom. The summed E-state index contributed by atoms with van der Waals surface area (Å²) in [4.78, 5) is 40.8. The largest absolute Gasteiger partial charge is 0.506 e. The van der Waals surface area contributed by atoms with Gasteiger partial charge >= 0.3 is 5.97 Å². The van der Waals surface area contributed by atoms with Crippen LogP contribution in [0.5, 0.6) is 17.2 Å². The van der Waals surface area contributed by atoms with Crippen molar-refractivity contribution in [1.82, 2.24) is 0 Å². The molecule has 244 valence electrons. The first-order valence-electron chi connectivity index (χ1n) is 16.2. The van der Waals surface area contributed by atoms with Gasteiger partial charge in [0.25, 0.3) is 0 Å². The van der Waals surface area contributed by atoms with Crippen molar-refractivity contribution >= 4 is 23.6 Å². The molecule has 6 aliphatic rings. The molecular formula is C38H44O8. The van der Waals surface area contributed by atoms with Crippen LogP contribution in [-0.2, 0) is 20.7 Å². The average Bonchev–Trinajstić information content (AvgIpc) is 3.12. The lowest BCUT2D eigenvalue weighted by molar-refractivity contribution is -0.171. The van der Waals surface area contributed by atoms with Gasteiger partial charge in [-0.2, -0.15) is 0 Å². The minimum Gasteiger partial charge on any atom is -0.506 e. The normalized spacial score (nSPS) is 31.2. The van der Waals surface area contributed by atoms with E-state index in [1.165, 1.54) is 18.6 Å². The third-order valence-electron chi connectivity index (χ3n) is 10.5. The molecule has 1 saturated carbocycles. The Kier molecular flexibility index (Phi) is 7.36. The van der Waals surface area contributed by atoms with Crippen LogP contribution in [0.25, 0.3) is 6.08 Å². The van der Waals surface area contributed by atoms with Crippen molar-refractivity contribution in [3.8, 4) is 17.2 Å². The molecule has 0 aromatic heterocycles. The van der Waals surface area contributed by atoms with Gasteiger partial charge in [-0.05, 0) is 93.2 Å². The van der Waals surface area contributed by atoms with Crippen LogP contribution in [0.2, 0.25) is 0 Å². The molecule has 46 heavy (non-hydrogen) atoms. The molecule has 4 bridgehead atoms. The number of aliphatic carboxylic acids is 1. The van der Waals surface area contributed by atoms with Gasteiger partial charge in [-0.15, -0.1) is 0 Å². The van der Waals surface area contributed by atoms with E-state index in [0.717, 1.165) is 12.0 Å². The van der Waals surface area contributed by atoms with Crippen molar-refractivity contribution in [3.05, 3.63) is 69.4 Å². The summed E-state index contributed by atoms with van der Waals surface area (Å²) in [7, 11) is 0. The number of carbonyl (C=O) groups excluding carboxylic acids is 2. The summed E-state index contributed by atoms with van der Waals surface area (Å²) >= 11 is 0. The Morgan fingerprint density at radius 2 is 1.70 bits per heavy atom. The molecule has 3 aliphatic heterocycles. The number of phenolic OH excluding ortho intramolecular Hbond substituents is 1. The van der Waals surface area contributed by atoms with E-state index in [1.54, 1.807) is 6.08 Å². The van der Waals surface area contributed by atoms with E-state index in [0.29, 0.717) is 41.7 Å². The number of fused-ring (bicyclic) bond motifs is 2. The third-order valence-corrected chi connectivity index (χ3v) is 10.5. The van der Waals surface area contributed by atoms with Crippen molar-refractivity contribution in [2.45, 2.75) is 110 Å². The molecule has 0 radical (unpaired) electrons. The standard InChI is InChI=1S/C38H44O8/c1-20(2)10-9-15-36(8)16-14-24-29(39)28-30(40)26-18-23-19-27-35(6,7)46-37(33(23)41,17-13-22(5)34(42)43)38(26,27)45-32(28)25(31(24)44-36)12-11-21(3)4/h10-11,13-14,16,18,23,27,39H,9,12,15,17,19H2,1-8H3,(H,42,43)/b22-13-/t23-,27+,36-,37-,38-/m1/s1. The molecule has 1 spiro atoms. The lowest BCUT2D eigenvalue weighted by Crippen LogP contribution is -2.72. The first kappa shape index (κ1) is 32.0. The fraction of sp³-hybridized carbons (Fsp3) is 0.500. The summed E-state index contributed by atoms with van der Waals surface area (Å²) in [6, 6.07) is 0. The number of benzene rings is 1. The van der Waals surface area contributed by atoms with Gasteiger partial charge in [-0.25, -0.2) is 4.79 Å². The summed E-state index contributed by atoms with van der Waals surface area (Å²) in [5.74, 6) is -2.28. The van der Waals surface area contributed by atoms with Crippen molar-refractivity contribution in [2.75, 3.05) is 0 Å². The van der Waals surface area contributed by atoms with Gasteiger partial charge in [0, 0.05) is 35.0 Å². The Labute approximate surface area is 270 Å². The van der Waals surface area contributed by atoms with Crippen LogP contribution in [0.15, 0.2) is 52.7 Å². The summed E-state index contributed by atoms with van der Waals surface area (Å²) in [5, 5.41) is 21.4. The number of carbonyl (C=O) groups is 3. The number of ketones is 2. The SMILES string of the molecule is CC(C)=CCC[C@]1(C)C=Cc2c(O)c3c(c(CC=C(C)C)c2O1)O[C@]12C(=C[C@@H]4C[C@H]1C(C)(C)O[C@]2(C/C=C(/C)C(=O)O)C4=O)C3=O. The van der Waals surface area contributed by atoms with Gasteiger partial charge in [0.05, 0.1) is 11.2 Å². The fourth-order valence-electron chi connectivity index (χ4n) is 8.17. The maximum atomic E-state index is 14.7. The van der Waals surface area contributed by atoms with Gasteiger partial charge in [-0.1, -0.05) is 35.5 Å².